The molecule has 0 aliphatic carbocycles. The summed E-state index contributed by atoms with van der Waals surface area (Å²) >= 11 is 0. The Kier molecular flexibility index (Phi) is 7.25. The summed E-state index contributed by atoms with van der Waals surface area (Å²) in [5.41, 5.74) is 6.24. The molecule has 2 aromatic rings. The minimum absolute atomic E-state index is 0.159. The number of carbonyl (C=O) groups excluding carboxylic acids is 3. The molecule has 2 atom stereocenters. The predicted octanol–water partition coefficient (Wildman–Crippen LogP) is 1.43. The van der Waals surface area contributed by atoms with Crippen LogP contribution < -0.4 is 16.4 Å². The van der Waals surface area contributed by atoms with Gasteiger partial charge in [-0.05, 0) is 42.8 Å². The lowest BCUT2D eigenvalue weighted by Gasteiger charge is -2.15. The standard InChI is InChI=1S/C19H21N3O4S/c1-13(23)21-15-9-7-14(8-10-15)19(25)22-17(18(20)24)11-12-27(26)16-5-3-2-4-6-16/h2-10,17H,11-12H2,1H3,(H2,20,24)(H,21,23)(H,22,25)/t17-,27-/m1/s1. The fourth-order valence-corrected chi connectivity index (χ4v) is 3.50. The van der Waals surface area contributed by atoms with Gasteiger partial charge in [-0.1, -0.05) is 18.2 Å². The van der Waals surface area contributed by atoms with E-state index >= 15 is 0 Å². The van der Waals surface area contributed by atoms with Gasteiger partial charge in [0.25, 0.3) is 5.91 Å². The Labute approximate surface area is 159 Å². The number of hydrogen-bond acceptors (Lipinski definition) is 4. The molecule has 27 heavy (non-hydrogen) atoms. The highest BCUT2D eigenvalue weighted by atomic mass is 32.2. The highest BCUT2D eigenvalue weighted by molar-refractivity contribution is 7.85. The van der Waals surface area contributed by atoms with Crippen LogP contribution in [0.5, 0.6) is 0 Å². The van der Waals surface area contributed by atoms with Gasteiger partial charge in [0.1, 0.15) is 6.04 Å². The van der Waals surface area contributed by atoms with E-state index in [2.05, 4.69) is 10.6 Å². The Balaban J connectivity index is 1.96. The van der Waals surface area contributed by atoms with Crippen LogP contribution in [0.2, 0.25) is 0 Å². The van der Waals surface area contributed by atoms with Crippen LogP contribution in [0.15, 0.2) is 59.5 Å². The third-order valence-electron chi connectivity index (χ3n) is 3.71. The quantitative estimate of drug-likeness (QED) is 0.635. The lowest BCUT2D eigenvalue weighted by Crippen LogP contribution is -2.45. The molecule has 2 rings (SSSR count). The van der Waals surface area contributed by atoms with Gasteiger partial charge in [0, 0.05) is 28.8 Å². The number of rotatable bonds is 8. The SMILES string of the molecule is CC(=O)Nc1ccc(C(=O)N[C@H](CC[S@@](=O)c2ccccc2)C(N)=O)cc1. The second-order valence-corrected chi connectivity index (χ2v) is 7.41. The van der Waals surface area contributed by atoms with E-state index in [1.165, 1.54) is 19.1 Å². The van der Waals surface area contributed by atoms with Crippen molar-refractivity contribution in [2.45, 2.75) is 24.3 Å². The molecule has 0 spiro atoms. The summed E-state index contributed by atoms with van der Waals surface area (Å²) in [4.78, 5) is 35.6. The fourth-order valence-electron chi connectivity index (χ4n) is 2.35. The van der Waals surface area contributed by atoms with Gasteiger partial charge in [-0.3, -0.25) is 18.6 Å². The first-order valence-corrected chi connectivity index (χ1v) is 9.60. The molecule has 0 aliphatic rings. The molecule has 2 aromatic carbocycles. The normalized spacial score (nSPS) is 12.6. The van der Waals surface area contributed by atoms with Crippen LogP contribution >= 0.6 is 0 Å². The Morgan fingerprint density at radius 3 is 2.22 bits per heavy atom. The van der Waals surface area contributed by atoms with Crippen molar-refractivity contribution in [3.63, 3.8) is 0 Å². The van der Waals surface area contributed by atoms with E-state index in [0.717, 1.165) is 0 Å². The maximum Gasteiger partial charge on any atom is 0.251 e. The monoisotopic (exact) mass is 387 g/mol. The number of carbonyl (C=O) groups is 3. The van der Waals surface area contributed by atoms with Crippen molar-refractivity contribution in [2.75, 3.05) is 11.1 Å². The van der Waals surface area contributed by atoms with Gasteiger partial charge in [0.15, 0.2) is 0 Å². The predicted molar refractivity (Wildman–Crippen MR) is 104 cm³/mol. The van der Waals surface area contributed by atoms with E-state index < -0.39 is 28.7 Å². The minimum Gasteiger partial charge on any atom is -0.368 e. The third kappa shape index (κ3) is 6.34. The Bertz CT molecular complexity index is 838. The smallest absolute Gasteiger partial charge is 0.251 e. The number of hydrogen-bond donors (Lipinski definition) is 3. The van der Waals surface area contributed by atoms with E-state index in [-0.39, 0.29) is 18.1 Å². The van der Waals surface area contributed by atoms with Crippen molar-refractivity contribution in [3.8, 4) is 0 Å². The maximum absolute atomic E-state index is 12.3. The molecule has 4 N–H and O–H groups in total. The van der Waals surface area contributed by atoms with Crippen LogP contribution in [-0.2, 0) is 20.4 Å². The van der Waals surface area contributed by atoms with Crippen molar-refractivity contribution < 1.29 is 18.6 Å². The average molecular weight is 387 g/mol. The summed E-state index contributed by atoms with van der Waals surface area (Å²) in [5, 5.41) is 5.16. The number of nitrogens with one attached hydrogen (secondary N) is 2. The first kappa shape index (κ1) is 20.3. The van der Waals surface area contributed by atoms with Gasteiger partial charge in [-0.15, -0.1) is 0 Å². The summed E-state index contributed by atoms with van der Waals surface area (Å²) in [6, 6.07) is 14.2. The van der Waals surface area contributed by atoms with Crippen LogP contribution in [0.25, 0.3) is 0 Å². The van der Waals surface area contributed by atoms with Crippen molar-refractivity contribution in [2.24, 2.45) is 5.73 Å². The summed E-state index contributed by atoms with van der Waals surface area (Å²) in [7, 11) is -1.29. The number of benzene rings is 2. The molecular formula is C19H21N3O4S. The van der Waals surface area contributed by atoms with Crippen LogP contribution in [0.1, 0.15) is 23.7 Å². The van der Waals surface area contributed by atoms with Gasteiger partial charge >= 0.3 is 0 Å². The zero-order valence-electron chi connectivity index (χ0n) is 14.8. The lowest BCUT2D eigenvalue weighted by atomic mass is 10.1. The van der Waals surface area contributed by atoms with Gasteiger partial charge in [0.05, 0.1) is 10.8 Å². The van der Waals surface area contributed by atoms with E-state index in [4.69, 9.17) is 5.73 Å². The largest absolute Gasteiger partial charge is 0.368 e. The Hall–Kier alpha value is -3.00. The molecule has 0 unspecified atom stereocenters. The molecule has 8 heteroatoms. The third-order valence-corrected chi connectivity index (χ3v) is 5.12. The maximum atomic E-state index is 12.3. The molecule has 7 nitrogen and oxygen atoms in total. The number of anilines is 1. The fraction of sp³-hybridized carbons (Fsp3) is 0.211. The summed E-state index contributed by atoms with van der Waals surface area (Å²) in [5.74, 6) is -1.19. The lowest BCUT2D eigenvalue weighted by molar-refractivity contribution is -0.120. The minimum atomic E-state index is -1.29. The second kappa shape index (κ2) is 9.63. The molecular weight excluding hydrogens is 366 g/mol. The zero-order chi connectivity index (χ0) is 19.8. The van der Waals surface area contributed by atoms with Gasteiger partial charge in [-0.25, -0.2) is 0 Å². The number of primary amides is 1. The molecule has 142 valence electrons. The summed E-state index contributed by atoms with van der Waals surface area (Å²) < 4.78 is 12.3. The van der Waals surface area contributed by atoms with Crippen molar-refractivity contribution in [1.29, 1.82) is 0 Å². The number of nitrogens with two attached hydrogens (primary N) is 1. The molecule has 0 fully saturated rings. The van der Waals surface area contributed by atoms with Gasteiger partial charge in [-0.2, -0.15) is 0 Å². The van der Waals surface area contributed by atoms with E-state index in [1.807, 2.05) is 6.07 Å². The van der Waals surface area contributed by atoms with Crippen molar-refractivity contribution >= 4 is 34.2 Å². The Morgan fingerprint density at radius 1 is 1.04 bits per heavy atom. The first-order valence-electron chi connectivity index (χ1n) is 8.28. The average Bonchev–Trinajstić information content (AvgIpc) is 2.65. The summed E-state index contributed by atoms with van der Waals surface area (Å²) in [6.07, 6.45) is 0.159. The number of amides is 3. The zero-order valence-corrected chi connectivity index (χ0v) is 15.6. The molecule has 0 heterocycles. The highest BCUT2D eigenvalue weighted by Crippen LogP contribution is 2.11. The van der Waals surface area contributed by atoms with E-state index in [1.54, 1.807) is 36.4 Å². The summed E-state index contributed by atoms with van der Waals surface area (Å²) in [6.45, 7) is 1.39. The van der Waals surface area contributed by atoms with Crippen LogP contribution in [0.4, 0.5) is 5.69 Å². The van der Waals surface area contributed by atoms with Gasteiger partial charge < -0.3 is 16.4 Å². The molecule has 0 aromatic heterocycles. The second-order valence-electron chi connectivity index (χ2n) is 5.84. The topological polar surface area (TPSA) is 118 Å². The first-order chi connectivity index (χ1) is 12.9. The molecule has 0 saturated heterocycles. The highest BCUT2D eigenvalue weighted by Gasteiger charge is 2.20. The molecule has 0 radical (unpaired) electrons. The molecule has 3 amide bonds. The van der Waals surface area contributed by atoms with Crippen molar-refractivity contribution in [1.82, 2.24) is 5.32 Å². The molecule has 0 bridgehead atoms. The molecule has 0 aliphatic heterocycles. The van der Waals surface area contributed by atoms with E-state index in [9.17, 15) is 18.6 Å². The van der Waals surface area contributed by atoms with Crippen LogP contribution in [0, 0.1) is 0 Å². The van der Waals surface area contributed by atoms with Crippen LogP contribution in [-0.4, -0.2) is 33.7 Å². The van der Waals surface area contributed by atoms with Crippen molar-refractivity contribution in [3.05, 3.63) is 60.2 Å². The molecule has 0 saturated carbocycles. The Morgan fingerprint density at radius 2 is 1.67 bits per heavy atom. The van der Waals surface area contributed by atoms with E-state index in [0.29, 0.717) is 16.1 Å². The van der Waals surface area contributed by atoms with Gasteiger partial charge in [0.2, 0.25) is 11.8 Å². The van der Waals surface area contributed by atoms with Crippen LogP contribution in [0.3, 0.4) is 0 Å².